The number of hydrogen-bond acceptors (Lipinski definition) is 7. The molecule has 0 fully saturated rings. The van der Waals surface area contributed by atoms with E-state index in [1.54, 1.807) is 56.3 Å². The van der Waals surface area contributed by atoms with Gasteiger partial charge in [-0.3, -0.25) is 9.36 Å². The molecule has 4 aromatic rings. The van der Waals surface area contributed by atoms with Gasteiger partial charge in [-0.1, -0.05) is 53.8 Å². The van der Waals surface area contributed by atoms with Crippen molar-refractivity contribution in [2.24, 2.45) is 4.99 Å². The summed E-state index contributed by atoms with van der Waals surface area (Å²) >= 11 is 1.20. The predicted octanol–water partition coefficient (Wildman–Crippen LogP) is 4.39. The maximum absolute atomic E-state index is 13.7. The van der Waals surface area contributed by atoms with E-state index in [0.29, 0.717) is 31.9 Å². The number of rotatable bonds is 7. The Labute approximate surface area is 233 Å². The Morgan fingerprint density at radius 3 is 2.67 bits per heavy atom. The molecule has 9 heteroatoms. The first-order valence-electron chi connectivity index (χ1n) is 12.6. The van der Waals surface area contributed by atoms with E-state index in [2.05, 4.69) is 11.1 Å². The summed E-state index contributed by atoms with van der Waals surface area (Å²) in [5, 5.41) is 9.32. The first-order chi connectivity index (χ1) is 19.4. The number of allylic oxidation sites excluding steroid dienone is 1. The van der Waals surface area contributed by atoms with Crippen LogP contribution in [0.3, 0.4) is 0 Å². The van der Waals surface area contributed by atoms with Gasteiger partial charge in [0.1, 0.15) is 18.2 Å². The lowest BCUT2D eigenvalue weighted by atomic mass is 9.96. The monoisotopic (exact) mass is 553 g/mol. The van der Waals surface area contributed by atoms with E-state index in [-0.39, 0.29) is 24.3 Å². The molecule has 0 spiro atoms. The highest BCUT2D eigenvalue weighted by molar-refractivity contribution is 7.07. The molecule has 0 aliphatic carbocycles. The average Bonchev–Trinajstić information content (AvgIpc) is 3.26. The number of carbonyl (C=O) groups is 1. The maximum atomic E-state index is 13.7. The van der Waals surface area contributed by atoms with Gasteiger partial charge in [0.05, 0.1) is 40.1 Å². The summed E-state index contributed by atoms with van der Waals surface area (Å²) in [6.07, 6.45) is 1.74. The van der Waals surface area contributed by atoms with Crippen LogP contribution in [0.5, 0.6) is 5.75 Å². The van der Waals surface area contributed by atoms with Gasteiger partial charge in [0.15, 0.2) is 4.80 Å². The second kappa shape index (κ2) is 11.5. The highest BCUT2D eigenvalue weighted by Gasteiger charge is 2.33. The zero-order chi connectivity index (χ0) is 28.2. The Bertz CT molecular complexity index is 1850. The SMILES string of the molecule is CCOC(=O)C1=C(C)N=c2s/c(=C\c3cccc(OCc4ccccc4C#N)c3)c(=O)n2[C@H]1c1ccc(F)cc1. The number of fused-ring (bicyclic) bond motifs is 1. The molecular weight excluding hydrogens is 529 g/mol. The quantitative estimate of drug-likeness (QED) is 0.317. The number of carbonyl (C=O) groups excluding carboxylic acids is 1. The predicted molar refractivity (Wildman–Crippen MR) is 149 cm³/mol. The summed E-state index contributed by atoms with van der Waals surface area (Å²) in [5.74, 6) is -0.415. The van der Waals surface area contributed by atoms with Gasteiger partial charge in [0.2, 0.25) is 0 Å². The summed E-state index contributed by atoms with van der Waals surface area (Å²) < 4.78 is 26.8. The zero-order valence-electron chi connectivity index (χ0n) is 21.8. The van der Waals surface area contributed by atoms with E-state index >= 15 is 0 Å². The van der Waals surface area contributed by atoms with Crippen LogP contribution in [-0.4, -0.2) is 17.1 Å². The number of esters is 1. The Balaban J connectivity index is 1.54. The van der Waals surface area contributed by atoms with Crippen molar-refractivity contribution < 1.29 is 18.7 Å². The molecule has 0 saturated heterocycles. The van der Waals surface area contributed by atoms with Gasteiger partial charge in [-0.2, -0.15) is 5.26 Å². The van der Waals surface area contributed by atoms with Crippen LogP contribution in [0.4, 0.5) is 4.39 Å². The lowest BCUT2D eigenvalue weighted by Crippen LogP contribution is -2.39. The van der Waals surface area contributed by atoms with E-state index in [1.807, 2.05) is 24.3 Å². The van der Waals surface area contributed by atoms with Crippen LogP contribution in [0.15, 0.2) is 93.9 Å². The zero-order valence-corrected chi connectivity index (χ0v) is 22.6. The van der Waals surface area contributed by atoms with Crippen LogP contribution in [0.25, 0.3) is 6.08 Å². The Kier molecular flexibility index (Phi) is 7.71. The smallest absolute Gasteiger partial charge is 0.338 e. The molecule has 5 rings (SSSR count). The van der Waals surface area contributed by atoms with E-state index in [1.165, 1.54) is 28.0 Å². The number of thiazole rings is 1. The van der Waals surface area contributed by atoms with Gasteiger partial charge in [-0.05, 0) is 61.4 Å². The number of nitriles is 1. The second-order valence-corrected chi connectivity index (χ2v) is 9.99. The van der Waals surface area contributed by atoms with Crippen molar-refractivity contribution in [3.63, 3.8) is 0 Å². The van der Waals surface area contributed by atoms with Crippen LogP contribution in [0.1, 0.15) is 42.1 Å². The van der Waals surface area contributed by atoms with Crippen LogP contribution in [0, 0.1) is 17.1 Å². The summed E-state index contributed by atoms with van der Waals surface area (Å²) in [6, 6.07) is 21.6. The van der Waals surface area contributed by atoms with Crippen molar-refractivity contribution in [3.8, 4) is 11.8 Å². The molecule has 1 aliphatic heterocycles. The highest BCUT2D eigenvalue weighted by atomic mass is 32.1. The van der Waals surface area contributed by atoms with Crippen LogP contribution in [0.2, 0.25) is 0 Å². The summed E-state index contributed by atoms with van der Waals surface area (Å²) in [6.45, 7) is 3.79. The van der Waals surface area contributed by atoms with E-state index in [9.17, 15) is 19.2 Å². The van der Waals surface area contributed by atoms with E-state index < -0.39 is 17.8 Å². The molecule has 40 heavy (non-hydrogen) atoms. The number of halogens is 1. The minimum atomic E-state index is -0.812. The summed E-state index contributed by atoms with van der Waals surface area (Å²) in [7, 11) is 0. The molecule has 1 atom stereocenters. The molecule has 7 nitrogen and oxygen atoms in total. The Morgan fingerprint density at radius 2 is 1.93 bits per heavy atom. The average molecular weight is 554 g/mol. The number of nitrogens with zero attached hydrogens (tertiary/aromatic N) is 3. The number of benzene rings is 3. The molecule has 0 bridgehead atoms. The standard InChI is InChI=1S/C31H24FN3O4S/c1-3-38-30(37)27-19(2)34-31-35(28(27)21-11-13-24(32)14-12-21)29(36)26(40-31)16-20-7-6-10-25(15-20)39-18-23-9-5-4-8-22(23)17-33/h4-16,28H,3,18H2,1-2H3/b26-16-/t28-/m0/s1. The van der Waals surface area contributed by atoms with Crippen molar-refractivity contribution in [1.29, 1.82) is 5.26 Å². The first kappa shape index (κ1) is 26.8. The highest BCUT2D eigenvalue weighted by Crippen LogP contribution is 2.30. The largest absolute Gasteiger partial charge is 0.489 e. The van der Waals surface area contributed by atoms with Gasteiger partial charge in [0.25, 0.3) is 5.56 Å². The maximum Gasteiger partial charge on any atom is 0.338 e. The van der Waals surface area contributed by atoms with Gasteiger partial charge < -0.3 is 9.47 Å². The summed E-state index contributed by atoms with van der Waals surface area (Å²) in [5.41, 5.74) is 2.97. The normalized spacial score (nSPS) is 14.8. The van der Waals surface area contributed by atoms with Crippen molar-refractivity contribution in [3.05, 3.63) is 132 Å². The third-order valence-corrected chi connectivity index (χ3v) is 7.37. The lowest BCUT2D eigenvalue weighted by molar-refractivity contribution is -0.139. The second-order valence-electron chi connectivity index (χ2n) is 8.98. The molecule has 0 N–H and O–H groups in total. The molecule has 0 radical (unpaired) electrons. The molecule has 3 aromatic carbocycles. The molecule has 1 aliphatic rings. The van der Waals surface area contributed by atoms with Gasteiger partial charge in [-0.15, -0.1) is 0 Å². The summed E-state index contributed by atoms with van der Waals surface area (Å²) in [4.78, 5) is 31.7. The van der Waals surface area contributed by atoms with Crippen molar-refractivity contribution in [2.45, 2.75) is 26.5 Å². The minimum Gasteiger partial charge on any atom is -0.489 e. The third kappa shape index (κ3) is 5.35. The molecule has 0 amide bonds. The third-order valence-electron chi connectivity index (χ3n) is 6.39. The Morgan fingerprint density at radius 1 is 1.15 bits per heavy atom. The molecule has 0 unspecified atom stereocenters. The van der Waals surface area contributed by atoms with E-state index in [4.69, 9.17) is 9.47 Å². The topological polar surface area (TPSA) is 93.7 Å². The van der Waals surface area contributed by atoms with Crippen molar-refractivity contribution in [1.82, 2.24) is 4.57 Å². The van der Waals surface area contributed by atoms with Crippen molar-refractivity contribution >= 4 is 23.4 Å². The number of ether oxygens (including phenoxy) is 2. The van der Waals surface area contributed by atoms with Crippen molar-refractivity contribution in [2.75, 3.05) is 6.61 Å². The van der Waals surface area contributed by atoms with Crippen LogP contribution in [-0.2, 0) is 16.1 Å². The molecule has 2 heterocycles. The van der Waals surface area contributed by atoms with Crippen LogP contribution < -0.4 is 19.6 Å². The van der Waals surface area contributed by atoms with E-state index in [0.717, 1.165) is 11.1 Å². The van der Waals surface area contributed by atoms with Crippen LogP contribution >= 0.6 is 11.3 Å². The molecule has 1 aromatic heterocycles. The van der Waals surface area contributed by atoms with Gasteiger partial charge >= 0.3 is 5.97 Å². The van der Waals surface area contributed by atoms with Gasteiger partial charge in [-0.25, -0.2) is 14.2 Å². The lowest BCUT2D eigenvalue weighted by Gasteiger charge is -2.24. The fourth-order valence-corrected chi connectivity index (χ4v) is 5.56. The first-order valence-corrected chi connectivity index (χ1v) is 13.4. The molecular formula is C31H24FN3O4S. The van der Waals surface area contributed by atoms with Gasteiger partial charge in [0, 0.05) is 5.56 Å². The number of hydrogen-bond donors (Lipinski definition) is 0. The molecule has 200 valence electrons. The Hall–Kier alpha value is -4.81. The number of aromatic nitrogens is 1. The minimum absolute atomic E-state index is 0.163. The fourth-order valence-electron chi connectivity index (χ4n) is 4.51. The fraction of sp³-hybridized carbons (Fsp3) is 0.161. The molecule has 0 saturated carbocycles.